The maximum absolute atomic E-state index is 12.6. The fourth-order valence-electron chi connectivity index (χ4n) is 2.77. The van der Waals surface area contributed by atoms with Crippen LogP contribution in [0.2, 0.25) is 0 Å². The molecule has 0 aliphatic heterocycles. The summed E-state index contributed by atoms with van der Waals surface area (Å²) < 4.78 is 4.91. The molecular weight excluding hydrogens is 288 g/mol. The van der Waals surface area contributed by atoms with Crippen LogP contribution >= 0.6 is 11.3 Å². The number of aromatic nitrogens is 1. The number of amides is 1. The quantitative estimate of drug-likeness (QED) is 0.784. The molecule has 21 heavy (non-hydrogen) atoms. The van der Waals surface area contributed by atoms with Gasteiger partial charge in [-0.2, -0.15) is 0 Å². The summed E-state index contributed by atoms with van der Waals surface area (Å²) >= 11 is 1.17. The van der Waals surface area contributed by atoms with E-state index in [4.69, 9.17) is 4.74 Å². The second-order valence-corrected chi connectivity index (χ2v) is 6.00. The Bertz CT molecular complexity index is 495. The third-order valence-corrected chi connectivity index (χ3v) is 4.61. The molecule has 6 heteroatoms. The smallest absolute Gasteiger partial charge is 0.367 e. The molecule has 0 atom stereocenters. The van der Waals surface area contributed by atoms with Gasteiger partial charge in [0, 0.05) is 18.0 Å². The third-order valence-electron chi connectivity index (χ3n) is 3.79. The average molecular weight is 310 g/mol. The highest BCUT2D eigenvalue weighted by atomic mass is 32.1. The predicted octanol–water partition coefficient (Wildman–Crippen LogP) is 3.11. The Kier molecular flexibility index (Phi) is 5.73. The first-order valence-electron chi connectivity index (χ1n) is 7.61. The van der Waals surface area contributed by atoms with E-state index in [1.54, 1.807) is 12.3 Å². The van der Waals surface area contributed by atoms with Gasteiger partial charge in [-0.15, -0.1) is 11.3 Å². The van der Waals surface area contributed by atoms with Crippen molar-refractivity contribution in [3.05, 3.63) is 16.1 Å². The SMILES string of the molecule is CCOC(=O)c1nc(C(=O)N(CC)C2CCCCC2)cs1. The molecule has 0 saturated heterocycles. The highest BCUT2D eigenvalue weighted by molar-refractivity contribution is 7.11. The number of carbonyl (C=O) groups excluding carboxylic acids is 2. The lowest BCUT2D eigenvalue weighted by Crippen LogP contribution is -2.41. The first-order chi connectivity index (χ1) is 10.2. The van der Waals surface area contributed by atoms with Crippen LogP contribution < -0.4 is 0 Å². The molecule has 2 rings (SSSR count). The van der Waals surface area contributed by atoms with Crippen molar-refractivity contribution in [2.45, 2.75) is 52.0 Å². The van der Waals surface area contributed by atoms with Crippen LogP contribution in [0.4, 0.5) is 0 Å². The van der Waals surface area contributed by atoms with Gasteiger partial charge in [-0.3, -0.25) is 4.79 Å². The molecule has 1 amide bonds. The van der Waals surface area contributed by atoms with Gasteiger partial charge < -0.3 is 9.64 Å². The first-order valence-corrected chi connectivity index (χ1v) is 8.49. The van der Waals surface area contributed by atoms with Crippen LogP contribution in [0.1, 0.15) is 66.2 Å². The molecular formula is C15H22N2O3S. The lowest BCUT2D eigenvalue weighted by Gasteiger charge is -2.33. The summed E-state index contributed by atoms with van der Waals surface area (Å²) in [6, 6.07) is 0.309. The van der Waals surface area contributed by atoms with E-state index in [9.17, 15) is 9.59 Å². The second-order valence-electron chi connectivity index (χ2n) is 5.14. The average Bonchev–Trinajstić information content (AvgIpc) is 2.99. The van der Waals surface area contributed by atoms with E-state index < -0.39 is 5.97 Å². The van der Waals surface area contributed by atoms with Crippen molar-refractivity contribution in [3.8, 4) is 0 Å². The molecule has 1 aromatic heterocycles. The Hall–Kier alpha value is -1.43. The van der Waals surface area contributed by atoms with E-state index in [0.29, 0.717) is 24.9 Å². The zero-order valence-electron chi connectivity index (χ0n) is 12.6. The van der Waals surface area contributed by atoms with Crippen LogP contribution in [-0.4, -0.2) is 41.0 Å². The zero-order chi connectivity index (χ0) is 15.2. The van der Waals surface area contributed by atoms with Gasteiger partial charge in [0.2, 0.25) is 5.01 Å². The van der Waals surface area contributed by atoms with Crippen molar-refractivity contribution >= 4 is 23.2 Å². The van der Waals surface area contributed by atoms with Gasteiger partial charge in [-0.05, 0) is 26.7 Å². The molecule has 5 nitrogen and oxygen atoms in total. The summed E-state index contributed by atoms with van der Waals surface area (Å²) in [5, 5.41) is 1.90. The second kappa shape index (κ2) is 7.54. The minimum atomic E-state index is -0.456. The van der Waals surface area contributed by atoms with Gasteiger partial charge in [0.05, 0.1) is 6.61 Å². The van der Waals surface area contributed by atoms with E-state index in [-0.39, 0.29) is 10.9 Å². The molecule has 1 heterocycles. The van der Waals surface area contributed by atoms with Crippen LogP contribution in [0.15, 0.2) is 5.38 Å². The standard InChI is InChI=1S/C15H22N2O3S/c1-3-17(11-8-6-5-7-9-11)14(18)12-10-21-13(16-12)15(19)20-4-2/h10-11H,3-9H2,1-2H3. The number of carbonyl (C=O) groups is 2. The lowest BCUT2D eigenvalue weighted by molar-refractivity contribution is 0.0525. The first kappa shape index (κ1) is 15.9. The molecule has 0 radical (unpaired) electrons. The molecule has 1 saturated carbocycles. The van der Waals surface area contributed by atoms with Crippen LogP contribution in [-0.2, 0) is 4.74 Å². The number of rotatable bonds is 5. The molecule has 116 valence electrons. The van der Waals surface area contributed by atoms with E-state index in [0.717, 1.165) is 12.8 Å². The molecule has 0 bridgehead atoms. The van der Waals surface area contributed by atoms with E-state index in [1.165, 1.54) is 30.6 Å². The molecule has 0 unspecified atom stereocenters. The Morgan fingerprint density at radius 3 is 2.67 bits per heavy atom. The van der Waals surface area contributed by atoms with Crippen molar-refractivity contribution in [1.82, 2.24) is 9.88 Å². The van der Waals surface area contributed by atoms with Gasteiger partial charge in [0.25, 0.3) is 5.91 Å². The van der Waals surface area contributed by atoms with Crippen molar-refractivity contribution in [1.29, 1.82) is 0 Å². The molecule has 0 spiro atoms. The monoisotopic (exact) mass is 310 g/mol. The Morgan fingerprint density at radius 1 is 1.33 bits per heavy atom. The fourth-order valence-corrected chi connectivity index (χ4v) is 3.45. The Labute approximate surface area is 129 Å². The summed E-state index contributed by atoms with van der Waals surface area (Å²) in [5.74, 6) is -0.529. The van der Waals surface area contributed by atoms with E-state index in [2.05, 4.69) is 4.98 Å². The van der Waals surface area contributed by atoms with Gasteiger partial charge in [-0.25, -0.2) is 9.78 Å². The van der Waals surface area contributed by atoms with Crippen molar-refractivity contribution < 1.29 is 14.3 Å². The zero-order valence-corrected chi connectivity index (χ0v) is 13.4. The van der Waals surface area contributed by atoms with Crippen LogP contribution in [0.25, 0.3) is 0 Å². The topological polar surface area (TPSA) is 59.5 Å². The van der Waals surface area contributed by atoms with E-state index in [1.807, 2.05) is 11.8 Å². The van der Waals surface area contributed by atoms with Crippen molar-refractivity contribution in [2.75, 3.05) is 13.2 Å². The Morgan fingerprint density at radius 2 is 2.05 bits per heavy atom. The number of thiazole rings is 1. The maximum atomic E-state index is 12.6. The summed E-state index contributed by atoms with van der Waals surface area (Å²) in [6.45, 7) is 4.73. The molecule has 1 aliphatic carbocycles. The van der Waals surface area contributed by atoms with Gasteiger partial charge in [0.15, 0.2) is 0 Å². The summed E-state index contributed by atoms with van der Waals surface area (Å²) in [6.07, 6.45) is 5.74. The van der Waals surface area contributed by atoms with Crippen molar-refractivity contribution in [2.24, 2.45) is 0 Å². The number of esters is 1. The molecule has 0 N–H and O–H groups in total. The molecule has 0 aromatic carbocycles. The molecule has 1 aromatic rings. The number of ether oxygens (including phenoxy) is 1. The number of nitrogens with zero attached hydrogens (tertiary/aromatic N) is 2. The molecule has 1 fully saturated rings. The van der Waals surface area contributed by atoms with Gasteiger partial charge in [-0.1, -0.05) is 19.3 Å². The van der Waals surface area contributed by atoms with Gasteiger partial charge in [0.1, 0.15) is 5.69 Å². The largest absolute Gasteiger partial charge is 0.461 e. The highest BCUT2D eigenvalue weighted by Gasteiger charge is 2.27. The Balaban J connectivity index is 2.08. The van der Waals surface area contributed by atoms with Crippen LogP contribution in [0, 0.1) is 0 Å². The van der Waals surface area contributed by atoms with Gasteiger partial charge >= 0.3 is 5.97 Å². The summed E-state index contributed by atoms with van der Waals surface area (Å²) in [4.78, 5) is 30.2. The molecule has 1 aliphatic rings. The van der Waals surface area contributed by atoms with Crippen molar-refractivity contribution in [3.63, 3.8) is 0 Å². The third kappa shape index (κ3) is 3.81. The van der Waals surface area contributed by atoms with Crippen LogP contribution in [0.5, 0.6) is 0 Å². The normalized spacial score (nSPS) is 15.7. The fraction of sp³-hybridized carbons (Fsp3) is 0.667. The minimum Gasteiger partial charge on any atom is -0.461 e. The maximum Gasteiger partial charge on any atom is 0.367 e. The van der Waals surface area contributed by atoms with Crippen LogP contribution in [0.3, 0.4) is 0 Å². The van der Waals surface area contributed by atoms with E-state index >= 15 is 0 Å². The minimum absolute atomic E-state index is 0.0730. The summed E-state index contributed by atoms with van der Waals surface area (Å²) in [7, 11) is 0. The highest BCUT2D eigenvalue weighted by Crippen LogP contribution is 2.24. The number of hydrogen-bond acceptors (Lipinski definition) is 5. The predicted molar refractivity (Wildman–Crippen MR) is 81.7 cm³/mol. The lowest BCUT2D eigenvalue weighted by atomic mass is 9.94. The number of hydrogen-bond donors (Lipinski definition) is 0. The summed E-state index contributed by atoms with van der Waals surface area (Å²) in [5.41, 5.74) is 0.357.